The highest BCUT2D eigenvalue weighted by molar-refractivity contribution is 5.82. The quantitative estimate of drug-likeness (QED) is 0.778. The van der Waals surface area contributed by atoms with Crippen molar-refractivity contribution in [2.24, 2.45) is 0 Å². The summed E-state index contributed by atoms with van der Waals surface area (Å²) < 4.78 is 16.3. The average Bonchev–Trinajstić information content (AvgIpc) is 2.59. The van der Waals surface area contributed by atoms with Crippen molar-refractivity contribution in [2.45, 2.75) is 32.8 Å². The number of carbonyl (C=O) groups is 1. The van der Waals surface area contributed by atoms with E-state index < -0.39 is 0 Å². The largest absolute Gasteiger partial charge is 0.484 e. The maximum atomic E-state index is 12.2. The van der Waals surface area contributed by atoms with Gasteiger partial charge in [0.25, 0.3) is 5.91 Å². The highest BCUT2D eigenvalue weighted by Crippen LogP contribution is 2.23. The summed E-state index contributed by atoms with van der Waals surface area (Å²) >= 11 is 0. The number of aryl methyl sites for hydroxylation is 1. The number of nitrogens with zero attached hydrogens (tertiary/aromatic N) is 1. The Bertz CT molecular complexity index is 813. The molecule has 1 aliphatic heterocycles. The van der Waals surface area contributed by atoms with E-state index in [1.54, 1.807) is 17.0 Å². The molecule has 1 unspecified atom stereocenters. The molecule has 1 fully saturated rings. The fourth-order valence-electron chi connectivity index (χ4n) is 3.06. The van der Waals surface area contributed by atoms with Crippen LogP contribution in [0.15, 0.2) is 33.5 Å². The van der Waals surface area contributed by atoms with E-state index in [-0.39, 0.29) is 24.2 Å². The lowest BCUT2D eigenvalue weighted by Gasteiger charge is -2.31. The second-order valence-electron chi connectivity index (χ2n) is 6.31. The van der Waals surface area contributed by atoms with Crippen LogP contribution in [0, 0.1) is 0 Å². The van der Waals surface area contributed by atoms with Crippen molar-refractivity contribution >= 4 is 16.9 Å². The third kappa shape index (κ3) is 4.20. The first kappa shape index (κ1) is 17.5. The van der Waals surface area contributed by atoms with Crippen LogP contribution in [0.5, 0.6) is 5.75 Å². The Labute approximate surface area is 146 Å². The first-order chi connectivity index (χ1) is 12.1. The van der Waals surface area contributed by atoms with Gasteiger partial charge in [0.2, 0.25) is 0 Å². The topological polar surface area (TPSA) is 69.0 Å². The first-order valence-electron chi connectivity index (χ1n) is 8.65. The summed E-state index contributed by atoms with van der Waals surface area (Å²) in [5.74, 6) is 0.440. The van der Waals surface area contributed by atoms with Crippen molar-refractivity contribution < 1.29 is 18.7 Å². The monoisotopic (exact) mass is 345 g/mol. The summed E-state index contributed by atoms with van der Waals surface area (Å²) in [6.45, 7) is 5.68. The van der Waals surface area contributed by atoms with Gasteiger partial charge < -0.3 is 18.8 Å². The van der Waals surface area contributed by atoms with Gasteiger partial charge in [-0.25, -0.2) is 4.79 Å². The molecule has 1 aromatic heterocycles. The highest BCUT2D eigenvalue weighted by atomic mass is 16.5. The Kier molecular flexibility index (Phi) is 5.38. The van der Waals surface area contributed by atoms with Crippen molar-refractivity contribution in [1.82, 2.24) is 4.90 Å². The van der Waals surface area contributed by atoms with Crippen LogP contribution in [0.4, 0.5) is 0 Å². The Hall–Kier alpha value is -2.34. The van der Waals surface area contributed by atoms with Crippen LogP contribution in [0.1, 0.15) is 25.8 Å². The summed E-state index contributed by atoms with van der Waals surface area (Å²) in [5.41, 5.74) is 1.09. The number of hydrogen-bond donors (Lipinski definition) is 0. The number of benzene rings is 1. The molecule has 1 amide bonds. The molecule has 0 spiro atoms. The lowest BCUT2D eigenvalue weighted by Crippen LogP contribution is -2.46. The van der Waals surface area contributed by atoms with Gasteiger partial charge in [0, 0.05) is 30.6 Å². The smallest absolute Gasteiger partial charge is 0.336 e. The Balaban J connectivity index is 1.71. The minimum absolute atomic E-state index is 0.0445. The predicted molar refractivity (Wildman–Crippen MR) is 94.0 cm³/mol. The molecule has 1 saturated heterocycles. The van der Waals surface area contributed by atoms with E-state index in [2.05, 4.69) is 6.92 Å². The molecular formula is C19H23NO5. The van der Waals surface area contributed by atoms with E-state index in [1.807, 2.05) is 13.0 Å². The lowest BCUT2D eigenvalue weighted by molar-refractivity contribution is -0.140. The molecule has 1 aliphatic rings. The second kappa shape index (κ2) is 7.70. The molecule has 1 aromatic carbocycles. The fraction of sp³-hybridized carbons (Fsp3) is 0.474. The van der Waals surface area contributed by atoms with Gasteiger partial charge >= 0.3 is 5.63 Å². The number of fused-ring (bicyclic) bond motifs is 1. The maximum Gasteiger partial charge on any atom is 0.336 e. The molecule has 1 atom stereocenters. The number of carbonyl (C=O) groups excluding carboxylic acids is 1. The summed E-state index contributed by atoms with van der Waals surface area (Å²) in [5, 5.41) is 0.905. The molecule has 0 saturated carbocycles. The van der Waals surface area contributed by atoms with Crippen molar-refractivity contribution in [2.75, 3.05) is 26.3 Å². The molecular weight excluding hydrogens is 322 g/mol. The molecule has 6 nitrogen and oxygen atoms in total. The molecule has 0 N–H and O–H groups in total. The standard InChI is InChI=1S/C19H23NO5/c1-3-4-14-9-19(22)25-17-10-15(5-6-16(14)17)24-12-18(21)20-7-8-23-13(2)11-20/h5-6,9-10,13H,3-4,7-8,11-12H2,1-2H3. The van der Waals surface area contributed by atoms with Crippen LogP contribution in [0.2, 0.25) is 0 Å². The van der Waals surface area contributed by atoms with Gasteiger partial charge in [-0.1, -0.05) is 13.3 Å². The number of hydrogen-bond acceptors (Lipinski definition) is 5. The van der Waals surface area contributed by atoms with Gasteiger partial charge in [-0.15, -0.1) is 0 Å². The van der Waals surface area contributed by atoms with Gasteiger partial charge in [0.15, 0.2) is 6.61 Å². The summed E-state index contributed by atoms with van der Waals surface area (Å²) in [4.78, 5) is 25.7. The highest BCUT2D eigenvalue weighted by Gasteiger charge is 2.21. The lowest BCUT2D eigenvalue weighted by atomic mass is 10.1. The van der Waals surface area contributed by atoms with E-state index in [0.29, 0.717) is 31.0 Å². The fourth-order valence-corrected chi connectivity index (χ4v) is 3.06. The van der Waals surface area contributed by atoms with Crippen LogP contribution >= 0.6 is 0 Å². The van der Waals surface area contributed by atoms with Crippen LogP contribution < -0.4 is 10.4 Å². The summed E-state index contributed by atoms with van der Waals surface area (Å²) in [6, 6.07) is 6.89. The van der Waals surface area contributed by atoms with Crippen molar-refractivity contribution in [3.63, 3.8) is 0 Å². The van der Waals surface area contributed by atoms with Crippen LogP contribution in [0.3, 0.4) is 0 Å². The third-order valence-corrected chi connectivity index (χ3v) is 4.28. The zero-order chi connectivity index (χ0) is 17.8. The summed E-state index contributed by atoms with van der Waals surface area (Å²) in [6.07, 6.45) is 1.81. The van der Waals surface area contributed by atoms with Gasteiger partial charge in [0.05, 0.1) is 12.7 Å². The zero-order valence-corrected chi connectivity index (χ0v) is 14.6. The molecule has 2 aromatic rings. The van der Waals surface area contributed by atoms with Crippen LogP contribution in [-0.2, 0) is 16.0 Å². The molecule has 134 valence electrons. The average molecular weight is 345 g/mol. The van der Waals surface area contributed by atoms with E-state index in [4.69, 9.17) is 13.9 Å². The van der Waals surface area contributed by atoms with Gasteiger partial charge in [-0.05, 0) is 31.0 Å². The molecule has 3 rings (SSSR count). The molecule has 25 heavy (non-hydrogen) atoms. The minimum Gasteiger partial charge on any atom is -0.484 e. The van der Waals surface area contributed by atoms with E-state index >= 15 is 0 Å². The third-order valence-electron chi connectivity index (χ3n) is 4.28. The SMILES string of the molecule is CCCc1cc(=O)oc2cc(OCC(=O)N3CCOC(C)C3)ccc12. The van der Waals surface area contributed by atoms with E-state index in [9.17, 15) is 9.59 Å². The molecule has 6 heteroatoms. The number of amides is 1. The predicted octanol–water partition coefficient (Wildman–Crippen LogP) is 2.37. The van der Waals surface area contributed by atoms with Crippen molar-refractivity contribution in [3.05, 3.63) is 40.2 Å². The Morgan fingerprint density at radius 3 is 2.96 bits per heavy atom. The molecule has 0 aliphatic carbocycles. The van der Waals surface area contributed by atoms with E-state index in [1.165, 1.54) is 6.07 Å². The van der Waals surface area contributed by atoms with Gasteiger partial charge in [-0.2, -0.15) is 0 Å². The van der Waals surface area contributed by atoms with Crippen LogP contribution in [0.25, 0.3) is 11.0 Å². The normalized spacial score (nSPS) is 17.7. The first-order valence-corrected chi connectivity index (χ1v) is 8.65. The number of ether oxygens (including phenoxy) is 2. The Morgan fingerprint density at radius 2 is 2.20 bits per heavy atom. The number of morpholine rings is 1. The molecule has 0 bridgehead atoms. The van der Waals surface area contributed by atoms with Crippen molar-refractivity contribution in [3.8, 4) is 5.75 Å². The minimum atomic E-state index is -0.369. The van der Waals surface area contributed by atoms with Gasteiger partial charge in [0.1, 0.15) is 11.3 Å². The van der Waals surface area contributed by atoms with Crippen molar-refractivity contribution in [1.29, 1.82) is 0 Å². The number of rotatable bonds is 5. The summed E-state index contributed by atoms with van der Waals surface area (Å²) in [7, 11) is 0. The Morgan fingerprint density at radius 1 is 1.36 bits per heavy atom. The zero-order valence-electron chi connectivity index (χ0n) is 14.6. The molecule has 0 radical (unpaired) electrons. The maximum absolute atomic E-state index is 12.2. The van der Waals surface area contributed by atoms with E-state index in [0.717, 1.165) is 23.8 Å². The molecule has 2 heterocycles. The second-order valence-corrected chi connectivity index (χ2v) is 6.31. The van der Waals surface area contributed by atoms with Gasteiger partial charge in [-0.3, -0.25) is 4.79 Å². The van der Waals surface area contributed by atoms with Crippen LogP contribution in [-0.4, -0.2) is 43.2 Å².